The van der Waals surface area contributed by atoms with Gasteiger partial charge in [-0.15, -0.1) is 0 Å². The van der Waals surface area contributed by atoms with Gasteiger partial charge in [-0.1, -0.05) is 19.9 Å². The van der Waals surface area contributed by atoms with E-state index in [4.69, 9.17) is 14.6 Å². The molecule has 33 heavy (non-hydrogen) atoms. The van der Waals surface area contributed by atoms with Crippen LogP contribution in [-0.4, -0.2) is 48.0 Å². The van der Waals surface area contributed by atoms with Crippen LogP contribution in [0.25, 0.3) is 0 Å². The molecule has 0 aliphatic carbocycles. The number of halogens is 1. The minimum absolute atomic E-state index is 0.0213. The van der Waals surface area contributed by atoms with E-state index in [9.17, 15) is 14.0 Å². The van der Waals surface area contributed by atoms with Crippen LogP contribution in [0.5, 0.6) is 0 Å². The van der Waals surface area contributed by atoms with Crippen molar-refractivity contribution in [3.8, 4) is 0 Å². The molecule has 2 aliphatic heterocycles. The Kier molecular flexibility index (Phi) is 6.83. The predicted molar refractivity (Wildman–Crippen MR) is 121 cm³/mol. The molecule has 1 N–H and O–H groups in total. The van der Waals surface area contributed by atoms with Crippen molar-refractivity contribution in [2.24, 2.45) is 11.3 Å². The number of aryl methyl sites for hydroxylation is 2. The number of hydrogen-bond donors (Lipinski definition) is 1. The van der Waals surface area contributed by atoms with E-state index in [-0.39, 0.29) is 29.4 Å². The SMILES string of the molecule is CCc1nn(C[C@@H](C)COC(=O)c2cc(F)ccc2C)c2c1C(=O)NCC1(CCOCC1)C2. The normalized spacial score (nSPS) is 18.4. The van der Waals surface area contributed by atoms with E-state index in [2.05, 4.69) is 5.32 Å². The molecule has 0 unspecified atom stereocenters. The number of carbonyl (C=O) groups is 2. The lowest BCUT2D eigenvalue weighted by Crippen LogP contribution is -2.41. The van der Waals surface area contributed by atoms with Crippen molar-refractivity contribution in [3.63, 3.8) is 0 Å². The van der Waals surface area contributed by atoms with Crippen LogP contribution in [0, 0.1) is 24.1 Å². The second-order valence-electron chi connectivity index (χ2n) is 9.44. The smallest absolute Gasteiger partial charge is 0.338 e. The molecule has 0 radical (unpaired) electrons. The molecule has 4 rings (SSSR count). The number of hydrogen-bond acceptors (Lipinski definition) is 5. The second-order valence-corrected chi connectivity index (χ2v) is 9.44. The zero-order valence-electron chi connectivity index (χ0n) is 19.6. The molecule has 2 aromatic rings. The summed E-state index contributed by atoms with van der Waals surface area (Å²) >= 11 is 0. The average Bonchev–Trinajstić information content (AvgIpc) is 3.07. The summed E-state index contributed by atoms with van der Waals surface area (Å²) in [5.74, 6) is -1.09. The Morgan fingerprint density at radius 2 is 2.12 bits per heavy atom. The van der Waals surface area contributed by atoms with Crippen molar-refractivity contribution >= 4 is 11.9 Å². The maximum absolute atomic E-state index is 13.5. The van der Waals surface area contributed by atoms with Crippen LogP contribution in [0.4, 0.5) is 4.39 Å². The summed E-state index contributed by atoms with van der Waals surface area (Å²) in [5.41, 5.74) is 3.34. The Bertz CT molecular complexity index is 1040. The Balaban J connectivity index is 1.50. The van der Waals surface area contributed by atoms with Crippen molar-refractivity contribution in [2.75, 3.05) is 26.4 Å². The number of nitrogens with one attached hydrogen (secondary N) is 1. The molecule has 0 bridgehead atoms. The molecule has 7 nitrogen and oxygen atoms in total. The zero-order valence-corrected chi connectivity index (χ0v) is 19.6. The highest BCUT2D eigenvalue weighted by Crippen LogP contribution is 2.37. The standard InChI is InChI=1S/C25H32FN3O4/c1-4-20-22-21(12-25(15-27-23(22)30)7-9-32-10-8-25)29(28-20)13-16(2)14-33-24(31)19-11-18(26)6-5-17(19)3/h5-6,11,16H,4,7-10,12-15H2,1-3H3,(H,27,30)/t16-/m1/s1. The van der Waals surface area contributed by atoms with Crippen molar-refractivity contribution in [1.29, 1.82) is 0 Å². The first kappa shape index (κ1) is 23.4. The number of ether oxygens (including phenoxy) is 2. The summed E-state index contributed by atoms with van der Waals surface area (Å²) in [6, 6.07) is 4.10. The highest BCUT2D eigenvalue weighted by molar-refractivity contribution is 5.97. The van der Waals surface area contributed by atoms with Crippen LogP contribution in [0.3, 0.4) is 0 Å². The first-order chi connectivity index (χ1) is 15.8. The maximum atomic E-state index is 13.5. The molecule has 2 aliphatic rings. The van der Waals surface area contributed by atoms with Crippen LogP contribution in [-0.2, 0) is 28.9 Å². The average molecular weight is 458 g/mol. The molecule has 1 spiro atoms. The zero-order chi connectivity index (χ0) is 23.6. The number of amides is 1. The molecule has 0 saturated carbocycles. The molecule has 3 heterocycles. The number of fused-ring (bicyclic) bond motifs is 1. The highest BCUT2D eigenvalue weighted by Gasteiger charge is 2.39. The van der Waals surface area contributed by atoms with Crippen molar-refractivity contribution < 1.29 is 23.5 Å². The van der Waals surface area contributed by atoms with Gasteiger partial charge < -0.3 is 14.8 Å². The van der Waals surface area contributed by atoms with Gasteiger partial charge in [0.15, 0.2) is 0 Å². The van der Waals surface area contributed by atoms with Crippen LogP contribution >= 0.6 is 0 Å². The first-order valence-electron chi connectivity index (χ1n) is 11.7. The fraction of sp³-hybridized carbons (Fsp3) is 0.560. The van der Waals surface area contributed by atoms with E-state index in [1.54, 1.807) is 13.0 Å². The van der Waals surface area contributed by atoms with E-state index in [1.807, 2.05) is 18.5 Å². The molecule has 1 saturated heterocycles. The van der Waals surface area contributed by atoms with E-state index < -0.39 is 11.8 Å². The second kappa shape index (κ2) is 9.63. The summed E-state index contributed by atoms with van der Waals surface area (Å²) in [4.78, 5) is 25.4. The molecular formula is C25H32FN3O4. The van der Waals surface area contributed by atoms with Gasteiger partial charge in [0.2, 0.25) is 0 Å². The van der Waals surface area contributed by atoms with E-state index >= 15 is 0 Å². The highest BCUT2D eigenvalue weighted by atomic mass is 19.1. The van der Waals surface area contributed by atoms with Gasteiger partial charge in [0.05, 0.1) is 29.1 Å². The topological polar surface area (TPSA) is 82.5 Å². The Morgan fingerprint density at radius 1 is 1.36 bits per heavy atom. The van der Waals surface area contributed by atoms with Crippen molar-refractivity contribution in [2.45, 2.75) is 53.0 Å². The Morgan fingerprint density at radius 3 is 2.85 bits per heavy atom. The van der Waals surface area contributed by atoms with Crippen molar-refractivity contribution in [3.05, 3.63) is 52.1 Å². The molecule has 8 heteroatoms. The lowest BCUT2D eigenvalue weighted by atomic mass is 9.76. The molecule has 1 aromatic carbocycles. The van der Waals surface area contributed by atoms with Crippen LogP contribution in [0.2, 0.25) is 0 Å². The summed E-state index contributed by atoms with van der Waals surface area (Å²) in [6.07, 6.45) is 3.24. The summed E-state index contributed by atoms with van der Waals surface area (Å²) in [5, 5.41) is 7.89. The number of rotatable bonds is 6. The van der Waals surface area contributed by atoms with Gasteiger partial charge in [-0.05, 0) is 55.7 Å². The fourth-order valence-corrected chi connectivity index (χ4v) is 4.78. The van der Waals surface area contributed by atoms with E-state index in [0.717, 1.165) is 30.7 Å². The van der Waals surface area contributed by atoms with E-state index in [1.165, 1.54) is 12.1 Å². The monoisotopic (exact) mass is 457 g/mol. The third-order valence-corrected chi connectivity index (χ3v) is 6.82. The summed E-state index contributed by atoms with van der Waals surface area (Å²) < 4.78 is 26.5. The van der Waals surface area contributed by atoms with Gasteiger partial charge in [-0.25, -0.2) is 9.18 Å². The third-order valence-electron chi connectivity index (χ3n) is 6.82. The molecule has 1 aromatic heterocycles. The minimum atomic E-state index is -0.534. The number of aromatic nitrogens is 2. The van der Waals surface area contributed by atoms with Crippen LogP contribution in [0.15, 0.2) is 18.2 Å². The third kappa shape index (κ3) is 4.95. The molecule has 1 fully saturated rings. The van der Waals surface area contributed by atoms with Gasteiger partial charge in [-0.3, -0.25) is 9.48 Å². The molecule has 1 amide bonds. The molecule has 178 valence electrons. The van der Waals surface area contributed by atoms with Gasteiger partial charge in [0.25, 0.3) is 5.91 Å². The van der Waals surface area contributed by atoms with Crippen LogP contribution < -0.4 is 5.32 Å². The quantitative estimate of drug-likeness (QED) is 0.672. The maximum Gasteiger partial charge on any atom is 0.338 e. The first-order valence-corrected chi connectivity index (χ1v) is 11.7. The predicted octanol–water partition coefficient (Wildman–Crippen LogP) is 3.47. The molecular weight excluding hydrogens is 425 g/mol. The Labute approximate surface area is 193 Å². The van der Waals surface area contributed by atoms with Gasteiger partial charge in [0, 0.05) is 32.2 Å². The lowest BCUT2D eigenvalue weighted by molar-refractivity contribution is 0.0151. The van der Waals surface area contributed by atoms with Crippen LogP contribution in [0.1, 0.15) is 64.4 Å². The summed E-state index contributed by atoms with van der Waals surface area (Å²) in [7, 11) is 0. The fourth-order valence-electron chi connectivity index (χ4n) is 4.78. The largest absolute Gasteiger partial charge is 0.462 e. The van der Waals surface area contributed by atoms with Gasteiger partial charge >= 0.3 is 5.97 Å². The minimum Gasteiger partial charge on any atom is -0.462 e. The summed E-state index contributed by atoms with van der Waals surface area (Å²) in [6.45, 7) is 8.48. The number of esters is 1. The van der Waals surface area contributed by atoms with Gasteiger partial charge in [-0.2, -0.15) is 5.10 Å². The Hall–Kier alpha value is -2.74. The number of carbonyl (C=O) groups excluding carboxylic acids is 2. The van der Waals surface area contributed by atoms with Crippen molar-refractivity contribution in [1.82, 2.24) is 15.1 Å². The number of benzene rings is 1. The number of nitrogens with zero attached hydrogens (tertiary/aromatic N) is 2. The van der Waals surface area contributed by atoms with Gasteiger partial charge in [0.1, 0.15) is 5.82 Å². The lowest BCUT2D eigenvalue weighted by Gasteiger charge is -2.36. The molecule has 1 atom stereocenters. The van der Waals surface area contributed by atoms with E-state index in [0.29, 0.717) is 43.9 Å².